The average Bonchev–Trinajstić information content (AvgIpc) is 2.92. The zero-order valence-corrected chi connectivity index (χ0v) is 23.0. The van der Waals surface area contributed by atoms with Crippen molar-refractivity contribution >= 4 is 18.6 Å². The van der Waals surface area contributed by atoms with E-state index in [2.05, 4.69) is 18.2 Å². The molecule has 0 saturated heterocycles. The Hall–Kier alpha value is -3.59. The number of carbonyl (C=O) groups is 1. The lowest BCUT2D eigenvalue weighted by molar-refractivity contribution is 0.101. The molecule has 0 fully saturated rings. The molecule has 0 saturated carbocycles. The van der Waals surface area contributed by atoms with Crippen LogP contribution in [0.4, 0.5) is 0 Å². The van der Waals surface area contributed by atoms with Gasteiger partial charge in [0.1, 0.15) is 5.75 Å². The zero-order valence-electron chi connectivity index (χ0n) is 22.1. The average molecular weight is 514 g/mol. The summed E-state index contributed by atoms with van der Waals surface area (Å²) in [6.45, 7) is 5.77. The zero-order chi connectivity index (χ0) is 26.8. The van der Waals surface area contributed by atoms with Crippen LogP contribution in [0.2, 0.25) is 0 Å². The van der Waals surface area contributed by atoms with Crippen molar-refractivity contribution in [3.05, 3.63) is 130 Å². The van der Waals surface area contributed by atoms with Crippen molar-refractivity contribution in [1.82, 2.24) is 0 Å². The molecule has 0 aliphatic heterocycles. The number of carbonyl (C=O) groups excluding carboxylic acids is 1. The fourth-order valence-electron chi connectivity index (χ4n) is 4.38. The number of hydrogen-bond acceptors (Lipinski definition) is 4. The Balaban J connectivity index is 0.000000206. The van der Waals surface area contributed by atoms with E-state index < -0.39 is 7.80 Å². The van der Waals surface area contributed by atoms with Crippen LogP contribution in [-0.2, 0) is 15.7 Å². The van der Waals surface area contributed by atoms with Gasteiger partial charge in [0, 0.05) is 19.1 Å². The third-order valence-corrected chi connectivity index (χ3v) is 7.46. The van der Waals surface area contributed by atoms with Crippen molar-refractivity contribution < 1.29 is 18.8 Å². The summed E-state index contributed by atoms with van der Waals surface area (Å²) in [5.41, 5.74) is 5.55. The van der Waals surface area contributed by atoms with Crippen molar-refractivity contribution in [2.45, 2.75) is 33.3 Å². The van der Waals surface area contributed by atoms with E-state index in [1.807, 2.05) is 75.4 Å². The quantitative estimate of drug-likeness (QED) is 0.229. The smallest absolute Gasteiger partial charge is 0.458 e. The lowest BCUT2D eigenvalue weighted by Gasteiger charge is -2.18. The van der Waals surface area contributed by atoms with Gasteiger partial charge in [-0.2, -0.15) is 0 Å². The van der Waals surface area contributed by atoms with Gasteiger partial charge in [0.15, 0.2) is 5.30 Å². The van der Waals surface area contributed by atoms with Crippen LogP contribution in [0.15, 0.2) is 97.1 Å². The highest BCUT2D eigenvalue weighted by atomic mass is 31.1. The fraction of sp³-hybridized carbons (Fsp3) is 0.219. The molecule has 0 spiro atoms. The molecule has 2 unspecified atom stereocenters. The highest BCUT2D eigenvalue weighted by Crippen LogP contribution is 2.31. The first kappa shape index (κ1) is 28.0. The van der Waals surface area contributed by atoms with Crippen molar-refractivity contribution in [2.24, 2.45) is 0 Å². The molecular formula is C32H34O4P+. The predicted octanol–water partition coefficient (Wildman–Crippen LogP) is 7.53. The summed E-state index contributed by atoms with van der Waals surface area (Å²) in [6.07, 6.45) is 0.862. The molecule has 190 valence electrons. The third kappa shape index (κ3) is 7.45. The van der Waals surface area contributed by atoms with E-state index in [-0.39, 0.29) is 11.6 Å². The Morgan fingerprint density at radius 1 is 0.784 bits per heavy atom. The van der Waals surface area contributed by atoms with Crippen molar-refractivity contribution in [1.29, 1.82) is 0 Å². The molecule has 0 N–H and O–H groups in total. The van der Waals surface area contributed by atoms with Crippen LogP contribution in [0, 0.1) is 20.8 Å². The monoisotopic (exact) mass is 513 g/mol. The maximum Gasteiger partial charge on any atom is 0.458 e. The van der Waals surface area contributed by atoms with Crippen LogP contribution < -0.4 is 10.0 Å². The first-order valence-electron chi connectivity index (χ1n) is 12.2. The summed E-state index contributed by atoms with van der Waals surface area (Å²) < 4.78 is 23.3. The highest BCUT2D eigenvalue weighted by molar-refractivity contribution is 7.71. The third-order valence-electron chi connectivity index (χ3n) is 6.10. The topological polar surface area (TPSA) is 52.6 Å². The number of methoxy groups -OCH3 is 2. The van der Waals surface area contributed by atoms with Gasteiger partial charge in [-0.3, -0.25) is 0 Å². The fourth-order valence-corrected chi connectivity index (χ4v) is 5.61. The van der Waals surface area contributed by atoms with Crippen LogP contribution in [0.1, 0.15) is 44.3 Å². The normalized spacial score (nSPS) is 11.6. The van der Waals surface area contributed by atoms with E-state index in [4.69, 9.17) is 9.47 Å². The molecule has 0 radical (unpaired) electrons. The minimum absolute atomic E-state index is 0.0172. The van der Waals surface area contributed by atoms with Crippen LogP contribution in [0.5, 0.6) is 5.75 Å². The lowest BCUT2D eigenvalue weighted by atomic mass is 10.0. The first-order chi connectivity index (χ1) is 17.8. The molecule has 4 nitrogen and oxygen atoms in total. The molecule has 37 heavy (non-hydrogen) atoms. The maximum absolute atomic E-state index is 12.4. The van der Waals surface area contributed by atoms with E-state index in [0.717, 1.165) is 34.4 Å². The standard InChI is InChI=1S/C16H16O2P.C16H18O2/c1-11-9-12(2)15(13(3)10-11)16(17)19(18)14-7-5-4-6-8-14;1-17-15-11-7-6-10-14(15)16(18-2)12-13-8-4-3-5-9-13/h4-10H,1-3H3;3-11,16H,12H2,1-2H3/q+1;. The van der Waals surface area contributed by atoms with Gasteiger partial charge >= 0.3 is 13.3 Å². The maximum atomic E-state index is 12.4. The van der Waals surface area contributed by atoms with E-state index >= 15 is 0 Å². The second-order valence-electron chi connectivity index (χ2n) is 8.86. The summed E-state index contributed by atoms with van der Waals surface area (Å²) in [7, 11) is 1.38. The molecule has 4 aromatic rings. The SMILES string of the molecule is COc1ccccc1C(Cc1ccccc1)OC.Cc1cc(C)c(C(=O)[P+](=O)c2ccccc2)c(C)c1. The Kier molecular flexibility index (Phi) is 10.3. The molecule has 0 aliphatic rings. The Morgan fingerprint density at radius 3 is 1.89 bits per heavy atom. The molecule has 0 bridgehead atoms. The number of ether oxygens (including phenoxy) is 2. The summed E-state index contributed by atoms with van der Waals surface area (Å²) >= 11 is 0. The summed E-state index contributed by atoms with van der Waals surface area (Å²) in [4.78, 5) is 12.4. The van der Waals surface area contributed by atoms with Crippen LogP contribution in [0.25, 0.3) is 0 Å². The Bertz CT molecular complexity index is 1310. The van der Waals surface area contributed by atoms with E-state index in [1.165, 1.54) is 5.56 Å². The summed E-state index contributed by atoms with van der Waals surface area (Å²) in [5, 5.41) is 0.585. The second kappa shape index (κ2) is 13.6. The van der Waals surface area contributed by atoms with Gasteiger partial charge in [-0.25, -0.2) is 4.79 Å². The molecule has 2 atom stereocenters. The predicted molar refractivity (Wildman–Crippen MR) is 152 cm³/mol. The molecule has 0 heterocycles. The number of hydrogen-bond donors (Lipinski definition) is 0. The number of benzene rings is 4. The van der Waals surface area contributed by atoms with Gasteiger partial charge in [0.05, 0.1) is 18.8 Å². The van der Waals surface area contributed by atoms with Crippen molar-refractivity contribution in [3.8, 4) is 5.75 Å². The van der Waals surface area contributed by atoms with Crippen LogP contribution in [-0.4, -0.2) is 19.7 Å². The summed E-state index contributed by atoms with van der Waals surface area (Å²) in [6, 6.07) is 31.1. The number of para-hydroxylation sites is 1. The molecule has 0 amide bonds. The van der Waals surface area contributed by atoms with Crippen LogP contribution >= 0.6 is 7.80 Å². The largest absolute Gasteiger partial charge is 0.496 e. The van der Waals surface area contributed by atoms with E-state index in [0.29, 0.717) is 10.9 Å². The van der Waals surface area contributed by atoms with E-state index in [9.17, 15) is 9.36 Å². The van der Waals surface area contributed by atoms with Gasteiger partial charge in [-0.15, -0.1) is 0 Å². The molecule has 4 aromatic carbocycles. The molecule has 5 heteroatoms. The van der Waals surface area contributed by atoms with Crippen molar-refractivity contribution in [2.75, 3.05) is 14.2 Å². The highest BCUT2D eigenvalue weighted by Gasteiger charge is 2.34. The minimum Gasteiger partial charge on any atom is -0.496 e. The number of aryl methyl sites for hydroxylation is 3. The molecule has 0 aliphatic carbocycles. The Labute approximate surface area is 221 Å². The van der Waals surface area contributed by atoms with Crippen molar-refractivity contribution in [3.63, 3.8) is 0 Å². The van der Waals surface area contributed by atoms with Gasteiger partial charge in [0.2, 0.25) is 0 Å². The van der Waals surface area contributed by atoms with Gasteiger partial charge in [-0.05, 0) is 55.7 Å². The molecule has 4 rings (SSSR count). The first-order valence-corrected chi connectivity index (χ1v) is 13.5. The molecule has 0 aromatic heterocycles. The number of rotatable bonds is 8. The van der Waals surface area contributed by atoms with Gasteiger partial charge < -0.3 is 9.47 Å². The van der Waals surface area contributed by atoms with E-state index in [1.54, 1.807) is 38.5 Å². The van der Waals surface area contributed by atoms with Crippen LogP contribution in [0.3, 0.4) is 0 Å². The van der Waals surface area contributed by atoms with Gasteiger partial charge in [-0.1, -0.05) is 89.0 Å². The lowest BCUT2D eigenvalue weighted by Crippen LogP contribution is -2.07. The minimum atomic E-state index is -2.04. The second-order valence-corrected chi connectivity index (χ2v) is 10.4. The summed E-state index contributed by atoms with van der Waals surface area (Å²) in [5.74, 6) is 0.875. The van der Waals surface area contributed by atoms with Gasteiger partial charge in [0.25, 0.3) is 0 Å². The Morgan fingerprint density at radius 2 is 1.32 bits per heavy atom. The molecular weight excluding hydrogens is 479 g/mol.